The zero-order valence-corrected chi connectivity index (χ0v) is 67.9. The lowest BCUT2D eigenvalue weighted by atomic mass is 9.79. The van der Waals surface area contributed by atoms with Crippen LogP contribution in [0.4, 0.5) is 0 Å². The van der Waals surface area contributed by atoms with Crippen LogP contribution in [0.2, 0.25) is 0 Å². The van der Waals surface area contributed by atoms with E-state index < -0.39 is 427 Å². The molecule has 8 aliphatic heterocycles. The molecule has 8 heterocycles. The lowest BCUT2D eigenvalue weighted by Gasteiger charge is -2.47. The number of aryl methyl sites for hydroxylation is 4. The van der Waals surface area contributed by atoms with Gasteiger partial charge in [-0.15, -0.1) is 0 Å². The highest BCUT2D eigenvalue weighted by Gasteiger charge is 2.47. The number of hydrogen-bond donors (Lipinski definition) is 4. The third-order valence-corrected chi connectivity index (χ3v) is 18.1. The number of benzene rings is 4. The topological polar surface area (TPSA) is 296 Å². The molecule has 672 valence electrons. The van der Waals surface area contributed by atoms with Crippen molar-refractivity contribution in [1.82, 2.24) is 19.6 Å². The van der Waals surface area contributed by atoms with Gasteiger partial charge in [0.15, 0.2) is 46.0 Å². The fourth-order valence-electron chi connectivity index (χ4n) is 12.5. The van der Waals surface area contributed by atoms with Crippen LogP contribution < -0.4 is 60.8 Å². The first-order valence-electron chi connectivity index (χ1n) is 74.7. The van der Waals surface area contributed by atoms with Crippen LogP contribution in [-0.2, 0) is 63.6 Å². The number of rotatable bonds is 28. The van der Waals surface area contributed by atoms with Crippen molar-refractivity contribution in [2.24, 2.45) is 93.8 Å². The van der Waals surface area contributed by atoms with Crippen LogP contribution >= 0.6 is 0 Å². The van der Waals surface area contributed by atoms with Crippen LogP contribution in [0.25, 0.3) is 0 Å². The van der Waals surface area contributed by atoms with Gasteiger partial charge in [-0.3, -0.25) is 38.8 Å². The van der Waals surface area contributed by atoms with E-state index in [1.807, 2.05) is 0 Å². The van der Waals surface area contributed by atoms with E-state index in [4.69, 9.17) is 157 Å². The van der Waals surface area contributed by atoms with Crippen molar-refractivity contribution in [3.8, 4) is 46.0 Å². The Hall–Kier alpha value is -7.16. The predicted octanol–water partition coefficient (Wildman–Crippen LogP) is 14.3. The molecule has 16 atom stereocenters. The Morgan fingerprint density at radius 3 is 0.825 bits per heavy atom. The van der Waals surface area contributed by atoms with Crippen molar-refractivity contribution in [2.45, 2.75) is 259 Å². The number of methoxy groups -OCH3 is 8. The highest BCUT2D eigenvalue weighted by atomic mass is 16.6. The number of carbonyl (C=O) groups excluding carboxylic acids is 4. The van der Waals surface area contributed by atoms with E-state index >= 15 is 0 Å². The molecule has 12 rings (SSSR count). The summed E-state index contributed by atoms with van der Waals surface area (Å²) in [4.78, 5) is 55.3. The minimum atomic E-state index is -4.22. The van der Waals surface area contributed by atoms with E-state index in [1.54, 1.807) is 0 Å². The summed E-state index contributed by atoms with van der Waals surface area (Å²) in [5.41, 5.74) is 17.9. The Morgan fingerprint density at radius 2 is 0.583 bits per heavy atom. The van der Waals surface area contributed by atoms with Gasteiger partial charge in [0.05, 0.1) is 73.2 Å². The Bertz CT molecular complexity index is 7540. The van der Waals surface area contributed by atoms with Gasteiger partial charge in [0.1, 0.15) is 48.4 Å². The molecular weight excluding hydrogens is 1520 g/mol. The van der Waals surface area contributed by atoms with E-state index in [-0.39, 0.29) is 48.2 Å². The zero-order chi connectivity index (χ0) is 155. The molecule has 0 aromatic heterocycles. The average molecular weight is 1750 g/mol. The minimum absolute atomic E-state index is 0.0120. The first-order valence-corrected chi connectivity index (χ1v) is 36.7. The second-order valence-electron chi connectivity index (χ2n) is 28.6. The summed E-state index contributed by atoms with van der Waals surface area (Å²) in [6, 6.07) is -18.7. The molecule has 4 aromatic rings. The predicted molar refractivity (Wildman–Crippen MR) is 471 cm³/mol. The van der Waals surface area contributed by atoms with Crippen LogP contribution in [-0.4, -0.2) is 201 Å². The van der Waals surface area contributed by atoms with Crippen LogP contribution in [0, 0.1) is 70.8 Å². The van der Waals surface area contributed by atoms with E-state index in [1.165, 1.54) is 83.8 Å². The molecule has 4 fully saturated rings. The SMILES string of the molecule is [2H]C([2H])([2H])C([2H])(C([2H])([2H])[2H])[C@]([2H])(N)C(=O)OC1([2H])C([2H])([2H])C2c3cc(OC)c(OC)cc3C([2H])([2H])C([2H])([2H])N2C([2H])([2H])C1([2H])CC(C)C.[2H]C([2H])([2H])Oc1cc2c(cc1OC)C1N(C([2H])([2H])C2([2H])[2H])C([2H])([2H])C([2H])(CC(C)C)C(OC(=O)[C@@]([2H])(N)C([2H])(C([2H])([2H])[2H])C([2H])([2H])[2H])C1([2H])[2H].[2H]C([2H])([2H])Oc1cc2c(cc1OC)C1N(C([2H])([2H])C2([2H])[2H])C([2H])([2H])C([2H])(CC(C)C)C([2H])(OC(=O)[C@@]([2H])(N)C([2H])(C([2H])([2H])[2H])C([2H])([2H])[2H])C1([2H])[2H].[2H]C1([2H])C2c3cc(OC)c(OC)cc3C([2H])([2H])C([2H])([2H])N2C([2H])([2H])C([2H])(CC(C)C)C1OC(=O)[C@@]([2H])(N)C([2H])(C([2H])([2H])[2H])C([2H])([2H])[2H]. The minimum Gasteiger partial charge on any atom is -0.493 e. The third kappa shape index (κ3) is 23.8. The summed E-state index contributed by atoms with van der Waals surface area (Å²) in [6.45, 7) is -48.8. The molecule has 8 N–H and O–H groups in total. The summed E-state index contributed by atoms with van der Waals surface area (Å²) in [7, 11) is 0.505. The molecule has 4 saturated heterocycles. The fourth-order valence-corrected chi connectivity index (χ4v) is 12.5. The summed E-state index contributed by atoms with van der Waals surface area (Å²) in [5.74, 6) is -45.2. The van der Waals surface area contributed by atoms with E-state index in [0.29, 0.717) is 6.07 Å². The number of carbonyl (C=O) groups is 4. The van der Waals surface area contributed by atoms with E-state index in [2.05, 4.69) is 0 Å². The first-order chi connectivity index (χ1) is 86.1. The van der Waals surface area contributed by atoms with Gasteiger partial charge in [0, 0.05) is 213 Å². The largest absolute Gasteiger partial charge is 0.493 e. The molecule has 0 saturated carbocycles. The lowest BCUT2D eigenvalue weighted by Crippen LogP contribution is -2.51. The number of esters is 4. The molecule has 0 bridgehead atoms. The average Bonchev–Trinajstić information content (AvgIpc) is 0.647. The van der Waals surface area contributed by atoms with Gasteiger partial charge in [-0.25, -0.2) is 0 Å². The molecule has 0 amide bonds. The van der Waals surface area contributed by atoms with Crippen molar-refractivity contribution in [2.75, 3.05) is 109 Å². The highest BCUT2D eigenvalue weighted by molar-refractivity contribution is 5.77. The molecule has 24 heteroatoms. The van der Waals surface area contributed by atoms with Crippen molar-refractivity contribution >= 4 is 23.9 Å². The second kappa shape index (κ2) is 43.9. The fraction of sp³-hybridized carbons (Fsp3) is 0.708. The number of hydrogen-bond acceptors (Lipinski definition) is 24. The van der Waals surface area contributed by atoms with Gasteiger partial charge in [0.25, 0.3) is 0 Å². The lowest BCUT2D eigenvalue weighted by molar-refractivity contribution is -0.161. The number of fused-ring (bicyclic) bond motifs is 12. The molecule has 12 unspecified atom stereocenters. The van der Waals surface area contributed by atoms with Gasteiger partial charge in [0.2, 0.25) is 0 Å². The molecule has 24 nitrogen and oxygen atoms in total. The third-order valence-electron chi connectivity index (χ3n) is 18.1. The monoisotopic (exact) mass is 1750 g/mol. The highest BCUT2D eigenvalue weighted by Crippen LogP contribution is 2.50. The van der Waals surface area contributed by atoms with Crippen LogP contribution in [0.5, 0.6) is 46.0 Å². The van der Waals surface area contributed by atoms with Gasteiger partial charge in [-0.2, -0.15) is 0 Å². The van der Waals surface area contributed by atoms with Crippen molar-refractivity contribution < 1.29 is 180 Å². The second-order valence-corrected chi connectivity index (χ2v) is 28.6. The Morgan fingerprint density at radius 1 is 0.358 bits per heavy atom. The standard InChI is InChI=1S/4C24H38N2O4/c4*1-14(2)9-17-13-26-8-7-16-10-21(28-5)22(29-6)11-18(16)19(26)12-20(17)30-24(27)23(25)15(3)4/h4*10-11,14-15,17,19-20,23H,7-9,12-13,25H2,1-6H3/t4*17?,19?,20?,23-/m0000/s1/i3D3,4D3,5D3,7D2,8D2,12D2,13D2,15D,17D,20D,23D;3D3,4D3,7D2,8D2,12D2,13D2,15D,17D,20D,23D;3D3,4D3,5D3,7D2,8D2,12D2,13D2,15D,17D,23D;3D3,4D3,7D2,8D2,12D2,13D2,15D,17D,23D. The van der Waals surface area contributed by atoms with Crippen LogP contribution in [0.15, 0.2) is 48.5 Å². The summed E-state index contributed by atoms with van der Waals surface area (Å²) in [6.07, 6.45) is -43.7. The summed E-state index contributed by atoms with van der Waals surface area (Å²) in [5, 5.41) is 0. The van der Waals surface area contributed by atoms with Crippen molar-refractivity contribution in [3.63, 3.8) is 0 Å². The normalized spacial score (nSPS) is 47.1. The Labute approximate surface area is 825 Å². The zero-order valence-electron chi connectivity index (χ0n) is 144. The Kier molecular flexibility index (Phi) is 13.3. The van der Waals surface area contributed by atoms with Gasteiger partial charge in [-0.05, 0) is 191 Å². The maximum absolute atomic E-state index is 13.8. The first kappa shape index (κ1) is 36.4. The molecule has 0 radical (unpaired) electrons. The number of nitrogens with two attached hydrogens (primary N) is 4. The smallest absolute Gasteiger partial charge is 0.323 e. The van der Waals surface area contributed by atoms with E-state index in [0.717, 1.165) is 56.7 Å². The molecular formula is C96H152N8O16. The van der Waals surface area contributed by atoms with Gasteiger partial charge in [-0.1, -0.05) is 110 Å². The van der Waals surface area contributed by atoms with Gasteiger partial charge >= 0.3 is 23.9 Å². The molecule has 120 heavy (non-hydrogen) atoms. The number of ether oxygens (including phenoxy) is 12. The molecule has 8 aliphatic rings. The molecule has 4 aromatic carbocycles. The maximum atomic E-state index is 13.8. The van der Waals surface area contributed by atoms with Crippen LogP contribution in [0.3, 0.4) is 0 Å². The molecule has 0 aliphatic carbocycles. The quantitative estimate of drug-likeness (QED) is 0.0303. The van der Waals surface area contributed by atoms with Crippen LogP contribution in [0.1, 0.15) is 334 Å². The maximum Gasteiger partial charge on any atom is 0.323 e. The van der Waals surface area contributed by atoms with Gasteiger partial charge < -0.3 is 79.8 Å². The number of piperidine rings is 4. The summed E-state index contributed by atoms with van der Waals surface area (Å²) < 4.78 is 703. The van der Waals surface area contributed by atoms with Crippen molar-refractivity contribution in [1.29, 1.82) is 0 Å². The van der Waals surface area contributed by atoms with E-state index in [9.17, 15) is 46.6 Å². The molecule has 0 spiro atoms. The summed E-state index contributed by atoms with van der Waals surface area (Å²) >= 11 is 0. The van der Waals surface area contributed by atoms with Crippen molar-refractivity contribution in [3.05, 3.63) is 93.0 Å². The number of nitrogens with zero attached hydrogens (tertiary/aromatic N) is 4. The Balaban J connectivity index is 0.000000283.